The van der Waals surface area contributed by atoms with Crippen molar-refractivity contribution in [2.24, 2.45) is 0 Å². The zero-order valence-electron chi connectivity index (χ0n) is 13.3. The molecule has 0 bridgehead atoms. The number of aromatic nitrogens is 2. The van der Waals surface area contributed by atoms with Gasteiger partial charge in [0.1, 0.15) is 0 Å². The number of aromatic amines is 1. The predicted octanol–water partition coefficient (Wildman–Crippen LogP) is 2.32. The number of aryl methyl sites for hydroxylation is 1. The summed E-state index contributed by atoms with van der Waals surface area (Å²) in [4.78, 5) is 34.4. The van der Waals surface area contributed by atoms with Gasteiger partial charge in [0.15, 0.2) is 0 Å². The van der Waals surface area contributed by atoms with E-state index in [0.717, 1.165) is 0 Å². The predicted molar refractivity (Wildman–Crippen MR) is 92.5 cm³/mol. The molecule has 0 radical (unpaired) electrons. The topological polar surface area (TPSA) is 118 Å². The number of H-pyrrole nitrogens is 1. The van der Waals surface area contributed by atoms with Gasteiger partial charge in [0.2, 0.25) is 5.91 Å². The lowest BCUT2D eigenvalue weighted by atomic mass is 10.1. The third-order valence-corrected chi connectivity index (χ3v) is 3.81. The fourth-order valence-corrected chi connectivity index (χ4v) is 2.51. The van der Waals surface area contributed by atoms with E-state index < -0.39 is 4.92 Å². The number of carbonyl (C=O) groups excluding carboxylic acids is 1. The summed E-state index contributed by atoms with van der Waals surface area (Å²) in [5, 5.41) is 20.9. The molecule has 2 aromatic carbocycles. The van der Waals surface area contributed by atoms with E-state index in [1.165, 1.54) is 12.1 Å². The minimum Gasteiger partial charge on any atom is -0.325 e. The maximum atomic E-state index is 12.3. The maximum absolute atomic E-state index is 12.3. The van der Waals surface area contributed by atoms with E-state index in [1.54, 1.807) is 37.3 Å². The molecule has 126 valence electrons. The molecule has 3 rings (SSSR count). The number of rotatable bonds is 4. The zero-order valence-corrected chi connectivity index (χ0v) is 13.3. The van der Waals surface area contributed by atoms with Crippen LogP contribution in [0.3, 0.4) is 0 Å². The summed E-state index contributed by atoms with van der Waals surface area (Å²) >= 11 is 0. The summed E-state index contributed by atoms with van der Waals surface area (Å²) in [5.74, 6) is -0.381. The molecule has 0 saturated carbocycles. The largest absolute Gasteiger partial charge is 0.325 e. The molecular formula is C17H14N4O4. The number of fused-ring (bicyclic) bond motifs is 1. The number of carbonyl (C=O) groups is 1. The van der Waals surface area contributed by atoms with Crippen molar-refractivity contribution in [2.75, 3.05) is 5.32 Å². The summed E-state index contributed by atoms with van der Waals surface area (Å²) in [6, 6.07) is 11.1. The standard InChI is InChI=1S/C17H14N4O4/c1-10-6-7-11(21(24)25)8-14(10)18-16(22)9-15-12-4-2-3-5-13(12)17(23)20-19-15/h2-8H,9H2,1H3,(H,18,22)(H,20,23). The van der Waals surface area contributed by atoms with Gasteiger partial charge in [-0.2, -0.15) is 5.10 Å². The number of amides is 1. The molecule has 1 aromatic heterocycles. The fraction of sp³-hybridized carbons (Fsp3) is 0.118. The molecule has 0 unspecified atom stereocenters. The van der Waals surface area contributed by atoms with E-state index in [-0.39, 0.29) is 23.6 Å². The molecule has 1 heterocycles. The number of non-ortho nitro benzene ring substituents is 1. The summed E-state index contributed by atoms with van der Waals surface area (Å²) in [6.45, 7) is 1.74. The SMILES string of the molecule is Cc1ccc([N+](=O)[O-])cc1NC(=O)Cc1n[nH]c(=O)c2ccccc12. The molecule has 0 atom stereocenters. The van der Waals surface area contributed by atoms with Crippen LogP contribution in [0.15, 0.2) is 47.3 Å². The number of hydrogen-bond donors (Lipinski definition) is 2. The van der Waals surface area contributed by atoms with Crippen molar-refractivity contribution >= 4 is 28.1 Å². The Morgan fingerprint density at radius 2 is 1.96 bits per heavy atom. The normalized spacial score (nSPS) is 10.6. The third kappa shape index (κ3) is 3.37. The van der Waals surface area contributed by atoms with Crippen molar-refractivity contribution in [1.29, 1.82) is 0 Å². The molecule has 3 aromatic rings. The molecule has 25 heavy (non-hydrogen) atoms. The van der Waals surface area contributed by atoms with Gasteiger partial charge in [0.05, 0.1) is 28.1 Å². The van der Waals surface area contributed by atoms with Gasteiger partial charge >= 0.3 is 0 Å². The molecule has 0 aliphatic heterocycles. The van der Waals surface area contributed by atoms with Gasteiger partial charge in [0, 0.05) is 17.5 Å². The van der Waals surface area contributed by atoms with E-state index in [1.807, 2.05) is 0 Å². The van der Waals surface area contributed by atoms with Crippen LogP contribution in [0.1, 0.15) is 11.3 Å². The molecule has 1 amide bonds. The van der Waals surface area contributed by atoms with Crippen LogP contribution in [-0.2, 0) is 11.2 Å². The van der Waals surface area contributed by atoms with Crippen LogP contribution in [0.4, 0.5) is 11.4 Å². The molecule has 0 spiro atoms. The highest BCUT2D eigenvalue weighted by Crippen LogP contribution is 2.22. The Labute approximate surface area is 141 Å². The van der Waals surface area contributed by atoms with Crippen LogP contribution in [0.2, 0.25) is 0 Å². The van der Waals surface area contributed by atoms with E-state index >= 15 is 0 Å². The van der Waals surface area contributed by atoms with Crippen molar-refractivity contribution < 1.29 is 9.72 Å². The highest BCUT2D eigenvalue weighted by atomic mass is 16.6. The van der Waals surface area contributed by atoms with Crippen molar-refractivity contribution in [2.45, 2.75) is 13.3 Å². The monoisotopic (exact) mass is 338 g/mol. The number of nitrogens with one attached hydrogen (secondary N) is 2. The molecular weight excluding hydrogens is 324 g/mol. The lowest BCUT2D eigenvalue weighted by molar-refractivity contribution is -0.384. The summed E-state index contributed by atoms with van der Waals surface area (Å²) in [6.07, 6.45) is -0.0700. The Bertz CT molecular complexity index is 1040. The van der Waals surface area contributed by atoms with Gasteiger partial charge in [-0.1, -0.05) is 24.3 Å². The van der Waals surface area contributed by atoms with Crippen LogP contribution in [0.25, 0.3) is 10.8 Å². The van der Waals surface area contributed by atoms with Crippen LogP contribution in [0, 0.1) is 17.0 Å². The van der Waals surface area contributed by atoms with Crippen LogP contribution in [-0.4, -0.2) is 21.0 Å². The first kappa shape index (κ1) is 16.3. The number of nitrogens with zero attached hydrogens (tertiary/aromatic N) is 2. The highest BCUT2D eigenvalue weighted by Gasteiger charge is 2.14. The van der Waals surface area contributed by atoms with Crippen LogP contribution < -0.4 is 10.9 Å². The average molecular weight is 338 g/mol. The Hall–Kier alpha value is -3.55. The lowest BCUT2D eigenvalue weighted by Crippen LogP contribution is -2.19. The second kappa shape index (κ2) is 6.52. The Balaban J connectivity index is 1.87. The number of nitro benzene ring substituents is 1. The number of nitro groups is 1. The number of hydrogen-bond acceptors (Lipinski definition) is 5. The molecule has 2 N–H and O–H groups in total. The molecule has 0 aliphatic rings. The van der Waals surface area contributed by atoms with Crippen LogP contribution in [0.5, 0.6) is 0 Å². The number of anilines is 1. The van der Waals surface area contributed by atoms with Gasteiger partial charge in [-0.25, -0.2) is 5.10 Å². The van der Waals surface area contributed by atoms with Gasteiger partial charge in [-0.3, -0.25) is 19.7 Å². The van der Waals surface area contributed by atoms with E-state index in [0.29, 0.717) is 27.7 Å². The van der Waals surface area contributed by atoms with Crippen molar-refractivity contribution in [3.05, 3.63) is 74.2 Å². The summed E-state index contributed by atoms with van der Waals surface area (Å²) in [7, 11) is 0. The van der Waals surface area contributed by atoms with Gasteiger partial charge in [-0.15, -0.1) is 0 Å². The second-order valence-electron chi connectivity index (χ2n) is 5.53. The highest BCUT2D eigenvalue weighted by molar-refractivity contribution is 5.95. The van der Waals surface area contributed by atoms with Crippen molar-refractivity contribution in [1.82, 2.24) is 10.2 Å². The number of benzene rings is 2. The quantitative estimate of drug-likeness (QED) is 0.559. The van der Waals surface area contributed by atoms with E-state index in [2.05, 4.69) is 15.5 Å². The molecule has 0 fully saturated rings. The lowest BCUT2D eigenvalue weighted by Gasteiger charge is -2.09. The van der Waals surface area contributed by atoms with Crippen molar-refractivity contribution in [3.63, 3.8) is 0 Å². The van der Waals surface area contributed by atoms with E-state index in [4.69, 9.17) is 0 Å². The Morgan fingerprint density at radius 3 is 2.68 bits per heavy atom. The molecule has 0 saturated heterocycles. The molecule has 8 nitrogen and oxygen atoms in total. The molecule has 8 heteroatoms. The first-order chi connectivity index (χ1) is 12.0. The smallest absolute Gasteiger partial charge is 0.272 e. The zero-order chi connectivity index (χ0) is 18.0. The minimum atomic E-state index is -0.522. The first-order valence-electron chi connectivity index (χ1n) is 7.47. The maximum Gasteiger partial charge on any atom is 0.272 e. The second-order valence-corrected chi connectivity index (χ2v) is 5.53. The summed E-state index contributed by atoms with van der Waals surface area (Å²) < 4.78 is 0. The van der Waals surface area contributed by atoms with E-state index in [9.17, 15) is 19.7 Å². The Kier molecular flexibility index (Phi) is 4.25. The minimum absolute atomic E-state index is 0.0700. The molecule has 0 aliphatic carbocycles. The Morgan fingerprint density at radius 1 is 1.24 bits per heavy atom. The first-order valence-corrected chi connectivity index (χ1v) is 7.47. The van der Waals surface area contributed by atoms with Crippen molar-refractivity contribution in [3.8, 4) is 0 Å². The van der Waals surface area contributed by atoms with Gasteiger partial charge in [-0.05, 0) is 18.6 Å². The fourth-order valence-electron chi connectivity index (χ4n) is 2.51. The summed E-state index contributed by atoms with van der Waals surface area (Å²) in [5.41, 5.74) is 1.07. The third-order valence-electron chi connectivity index (χ3n) is 3.81. The van der Waals surface area contributed by atoms with Crippen LogP contribution >= 0.6 is 0 Å². The van der Waals surface area contributed by atoms with Gasteiger partial charge < -0.3 is 5.32 Å². The van der Waals surface area contributed by atoms with Gasteiger partial charge in [0.25, 0.3) is 11.2 Å². The average Bonchev–Trinajstić information content (AvgIpc) is 2.59.